The SMILES string of the molecule is COc1ccc(NC(=O)C(=O)N2CCCc3ccccc32)cc1Cl. The predicted molar refractivity (Wildman–Crippen MR) is 93.7 cm³/mol. The van der Waals surface area contributed by atoms with Crippen LogP contribution in [-0.4, -0.2) is 25.5 Å². The highest BCUT2D eigenvalue weighted by molar-refractivity contribution is 6.44. The van der Waals surface area contributed by atoms with Gasteiger partial charge in [0.15, 0.2) is 0 Å². The number of rotatable bonds is 2. The first-order valence-electron chi connectivity index (χ1n) is 7.64. The second-order valence-corrected chi connectivity index (χ2v) is 5.90. The van der Waals surface area contributed by atoms with Crippen molar-refractivity contribution in [3.63, 3.8) is 0 Å². The van der Waals surface area contributed by atoms with E-state index >= 15 is 0 Å². The van der Waals surface area contributed by atoms with E-state index in [-0.39, 0.29) is 0 Å². The third-order valence-corrected chi connectivity index (χ3v) is 4.25. The number of amides is 2. The summed E-state index contributed by atoms with van der Waals surface area (Å²) in [4.78, 5) is 26.4. The largest absolute Gasteiger partial charge is 0.495 e. The fourth-order valence-corrected chi connectivity index (χ4v) is 3.05. The Morgan fingerprint density at radius 3 is 2.75 bits per heavy atom. The number of halogens is 1. The summed E-state index contributed by atoms with van der Waals surface area (Å²) in [5.74, 6) is -0.757. The Hall–Kier alpha value is -2.53. The van der Waals surface area contributed by atoms with Crippen LogP contribution in [0.15, 0.2) is 42.5 Å². The number of ether oxygens (including phenoxy) is 1. The zero-order valence-electron chi connectivity index (χ0n) is 13.2. The molecule has 0 saturated heterocycles. The Morgan fingerprint density at radius 1 is 1.21 bits per heavy atom. The third kappa shape index (κ3) is 3.21. The van der Waals surface area contributed by atoms with Gasteiger partial charge in [0.1, 0.15) is 5.75 Å². The Kier molecular flexibility index (Phi) is 4.71. The van der Waals surface area contributed by atoms with E-state index in [9.17, 15) is 9.59 Å². The average molecular weight is 345 g/mol. The minimum Gasteiger partial charge on any atom is -0.495 e. The first-order valence-corrected chi connectivity index (χ1v) is 8.02. The zero-order valence-corrected chi connectivity index (χ0v) is 14.0. The smallest absolute Gasteiger partial charge is 0.316 e. The number of nitrogens with zero attached hydrogens (tertiary/aromatic N) is 1. The van der Waals surface area contributed by atoms with Crippen LogP contribution in [0.25, 0.3) is 0 Å². The molecule has 0 unspecified atom stereocenters. The van der Waals surface area contributed by atoms with Crippen LogP contribution in [0, 0.1) is 0 Å². The molecule has 2 aromatic carbocycles. The molecule has 1 aliphatic heterocycles. The number of aryl methyl sites for hydroxylation is 1. The second kappa shape index (κ2) is 6.93. The monoisotopic (exact) mass is 344 g/mol. The van der Waals surface area contributed by atoms with Gasteiger partial charge in [-0.2, -0.15) is 0 Å². The summed E-state index contributed by atoms with van der Waals surface area (Å²) in [5.41, 5.74) is 2.33. The van der Waals surface area contributed by atoms with Crippen LogP contribution in [0.1, 0.15) is 12.0 Å². The summed E-state index contributed by atoms with van der Waals surface area (Å²) in [5, 5.41) is 2.96. The second-order valence-electron chi connectivity index (χ2n) is 5.49. The third-order valence-electron chi connectivity index (χ3n) is 3.96. The van der Waals surface area contributed by atoms with Crippen molar-refractivity contribution in [3.05, 3.63) is 53.1 Å². The number of carbonyl (C=O) groups excluding carboxylic acids is 2. The van der Waals surface area contributed by atoms with Crippen molar-refractivity contribution in [1.29, 1.82) is 0 Å². The van der Waals surface area contributed by atoms with E-state index in [4.69, 9.17) is 16.3 Å². The Labute approximate surface area is 145 Å². The summed E-state index contributed by atoms with van der Waals surface area (Å²) in [6, 6.07) is 12.5. The maximum absolute atomic E-state index is 12.5. The molecule has 0 saturated carbocycles. The lowest BCUT2D eigenvalue weighted by atomic mass is 10.0. The molecule has 0 bridgehead atoms. The molecule has 6 heteroatoms. The van der Waals surface area contributed by atoms with Crippen molar-refractivity contribution in [2.24, 2.45) is 0 Å². The minimum absolute atomic E-state index is 0.367. The van der Waals surface area contributed by atoms with Gasteiger partial charge in [0.25, 0.3) is 0 Å². The molecule has 0 radical (unpaired) electrons. The van der Waals surface area contributed by atoms with Gasteiger partial charge in [0, 0.05) is 17.9 Å². The summed E-state index contributed by atoms with van der Waals surface area (Å²) in [6.07, 6.45) is 1.75. The highest BCUT2D eigenvalue weighted by atomic mass is 35.5. The van der Waals surface area contributed by atoms with Crippen LogP contribution in [0.2, 0.25) is 5.02 Å². The summed E-state index contributed by atoms with van der Waals surface area (Å²) in [7, 11) is 1.51. The highest BCUT2D eigenvalue weighted by Gasteiger charge is 2.27. The van der Waals surface area contributed by atoms with Crippen LogP contribution < -0.4 is 15.0 Å². The van der Waals surface area contributed by atoms with Gasteiger partial charge < -0.3 is 15.0 Å². The van der Waals surface area contributed by atoms with Crippen molar-refractivity contribution in [2.45, 2.75) is 12.8 Å². The van der Waals surface area contributed by atoms with Crippen LogP contribution in [0.4, 0.5) is 11.4 Å². The van der Waals surface area contributed by atoms with Crippen LogP contribution in [-0.2, 0) is 16.0 Å². The molecule has 0 aliphatic carbocycles. The number of hydrogen-bond donors (Lipinski definition) is 1. The quantitative estimate of drug-likeness (QED) is 0.851. The number of hydrogen-bond acceptors (Lipinski definition) is 3. The maximum atomic E-state index is 12.5. The van der Waals surface area contributed by atoms with Crippen molar-refractivity contribution in [1.82, 2.24) is 0 Å². The van der Waals surface area contributed by atoms with Gasteiger partial charge >= 0.3 is 11.8 Å². The van der Waals surface area contributed by atoms with Gasteiger partial charge in [0.2, 0.25) is 0 Å². The molecule has 0 fully saturated rings. The van der Waals surface area contributed by atoms with E-state index < -0.39 is 11.8 Å². The summed E-state index contributed by atoms with van der Waals surface area (Å²) in [6.45, 7) is 0.534. The fourth-order valence-electron chi connectivity index (χ4n) is 2.80. The molecule has 1 aliphatic rings. The van der Waals surface area contributed by atoms with Gasteiger partial charge in [-0.3, -0.25) is 9.59 Å². The maximum Gasteiger partial charge on any atom is 0.316 e. The number of para-hydroxylation sites is 1. The first-order chi connectivity index (χ1) is 11.6. The molecule has 24 heavy (non-hydrogen) atoms. The van der Waals surface area contributed by atoms with Crippen LogP contribution >= 0.6 is 11.6 Å². The number of anilines is 2. The molecule has 0 aromatic heterocycles. The lowest BCUT2D eigenvalue weighted by Crippen LogP contribution is -2.42. The predicted octanol–water partition coefficient (Wildman–Crippen LogP) is 3.27. The van der Waals surface area contributed by atoms with Gasteiger partial charge in [0.05, 0.1) is 12.1 Å². The Morgan fingerprint density at radius 2 is 2.00 bits per heavy atom. The lowest BCUT2D eigenvalue weighted by molar-refractivity contribution is -0.134. The molecule has 0 atom stereocenters. The molecule has 124 valence electrons. The first kappa shape index (κ1) is 16.3. The molecule has 1 N–H and O–H groups in total. The normalized spacial score (nSPS) is 13.2. The number of fused-ring (bicyclic) bond motifs is 1. The summed E-state index contributed by atoms with van der Waals surface area (Å²) >= 11 is 6.04. The minimum atomic E-state index is -0.687. The lowest BCUT2D eigenvalue weighted by Gasteiger charge is -2.28. The molecule has 3 rings (SSSR count). The Balaban J connectivity index is 1.76. The van der Waals surface area contributed by atoms with Crippen molar-refractivity contribution in [3.8, 4) is 5.75 Å². The van der Waals surface area contributed by atoms with Gasteiger partial charge in [-0.1, -0.05) is 29.8 Å². The van der Waals surface area contributed by atoms with E-state index in [1.54, 1.807) is 18.2 Å². The van der Waals surface area contributed by atoms with Crippen molar-refractivity contribution < 1.29 is 14.3 Å². The number of methoxy groups -OCH3 is 1. The zero-order chi connectivity index (χ0) is 17.1. The highest BCUT2D eigenvalue weighted by Crippen LogP contribution is 2.28. The van der Waals surface area contributed by atoms with E-state index in [0.29, 0.717) is 23.0 Å². The molecule has 5 nitrogen and oxygen atoms in total. The molecular formula is C18H17ClN2O3. The average Bonchev–Trinajstić information content (AvgIpc) is 2.60. The molecule has 2 aromatic rings. The molecule has 1 heterocycles. The Bertz CT molecular complexity index is 792. The van der Waals surface area contributed by atoms with E-state index in [1.165, 1.54) is 12.0 Å². The molecular weight excluding hydrogens is 328 g/mol. The number of nitrogens with one attached hydrogen (secondary N) is 1. The van der Waals surface area contributed by atoms with Crippen LogP contribution in [0.5, 0.6) is 5.75 Å². The van der Waals surface area contributed by atoms with Crippen LogP contribution in [0.3, 0.4) is 0 Å². The van der Waals surface area contributed by atoms with E-state index in [0.717, 1.165) is 24.1 Å². The number of carbonyl (C=O) groups is 2. The van der Waals surface area contributed by atoms with E-state index in [2.05, 4.69) is 5.32 Å². The number of benzene rings is 2. The molecule has 0 spiro atoms. The topological polar surface area (TPSA) is 58.6 Å². The van der Waals surface area contributed by atoms with E-state index in [1.807, 2.05) is 24.3 Å². The standard InChI is InChI=1S/C18H17ClN2O3/c1-24-16-9-8-13(11-14(16)19)20-17(22)18(23)21-10-4-6-12-5-2-3-7-15(12)21/h2-3,5,7-9,11H,4,6,10H2,1H3,(H,20,22). The fraction of sp³-hybridized carbons (Fsp3) is 0.222. The summed E-state index contributed by atoms with van der Waals surface area (Å²) < 4.78 is 5.07. The van der Waals surface area contributed by atoms with Crippen molar-refractivity contribution >= 4 is 34.8 Å². The van der Waals surface area contributed by atoms with Crippen molar-refractivity contribution in [2.75, 3.05) is 23.9 Å². The van der Waals surface area contributed by atoms with Gasteiger partial charge in [-0.05, 0) is 42.7 Å². The van der Waals surface area contributed by atoms with Gasteiger partial charge in [-0.25, -0.2) is 0 Å². The van der Waals surface area contributed by atoms with Gasteiger partial charge in [-0.15, -0.1) is 0 Å². The molecule has 2 amide bonds.